The van der Waals surface area contributed by atoms with Crippen LogP contribution in [0.4, 0.5) is 0 Å². The number of rotatable bonds is 5. The zero-order valence-corrected chi connectivity index (χ0v) is 15.9. The summed E-state index contributed by atoms with van der Waals surface area (Å²) in [6.07, 6.45) is 4.67. The van der Waals surface area contributed by atoms with Crippen molar-refractivity contribution in [3.05, 3.63) is 28.2 Å². The minimum absolute atomic E-state index is 0.211. The maximum atomic E-state index is 12.3. The monoisotopic (exact) mass is 398 g/mol. The lowest BCUT2D eigenvalue weighted by molar-refractivity contribution is 0.0976. The molecule has 6 heteroatoms. The van der Waals surface area contributed by atoms with Gasteiger partial charge in [0.2, 0.25) is 0 Å². The van der Waals surface area contributed by atoms with Gasteiger partial charge in [-0.15, -0.1) is 0 Å². The lowest BCUT2D eigenvalue weighted by atomic mass is 10.2. The number of benzene rings is 1. The molecule has 0 spiro atoms. The molecule has 0 bridgehead atoms. The van der Waals surface area contributed by atoms with Crippen molar-refractivity contribution in [3.8, 4) is 5.75 Å². The third-order valence-electron chi connectivity index (χ3n) is 3.68. The SMILES string of the molecule is CC(C)COc1ccc(C(=O)NC(=S)NC2CCCC2)cc1Br. The normalized spacial score (nSPS) is 14.8. The number of amides is 1. The van der Waals surface area contributed by atoms with Crippen molar-refractivity contribution in [3.63, 3.8) is 0 Å². The van der Waals surface area contributed by atoms with Crippen LogP contribution in [-0.2, 0) is 0 Å². The molecule has 1 aliphatic carbocycles. The Bertz CT molecular complexity index is 572. The van der Waals surface area contributed by atoms with Gasteiger partial charge in [0.05, 0.1) is 11.1 Å². The molecular formula is C17H23BrN2O2S. The molecule has 0 atom stereocenters. The van der Waals surface area contributed by atoms with Crippen LogP contribution in [0.3, 0.4) is 0 Å². The van der Waals surface area contributed by atoms with E-state index in [9.17, 15) is 4.79 Å². The van der Waals surface area contributed by atoms with Gasteiger partial charge in [0.15, 0.2) is 5.11 Å². The average molecular weight is 399 g/mol. The number of ether oxygens (including phenoxy) is 1. The zero-order valence-electron chi connectivity index (χ0n) is 13.5. The molecule has 1 fully saturated rings. The molecule has 0 aliphatic heterocycles. The molecule has 2 N–H and O–H groups in total. The van der Waals surface area contributed by atoms with Gasteiger partial charge in [0.1, 0.15) is 5.75 Å². The van der Waals surface area contributed by atoms with Crippen LogP contribution in [-0.4, -0.2) is 23.7 Å². The van der Waals surface area contributed by atoms with E-state index in [4.69, 9.17) is 17.0 Å². The van der Waals surface area contributed by atoms with E-state index in [1.165, 1.54) is 12.8 Å². The van der Waals surface area contributed by atoms with E-state index < -0.39 is 0 Å². The van der Waals surface area contributed by atoms with Gasteiger partial charge in [-0.25, -0.2) is 0 Å². The number of nitrogens with one attached hydrogen (secondary N) is 2. The number of thiocarbonyl (C=S) groups is 1. The Balaban J connectivity index is 1.91. The average Bonchev–Trinajstić information content (AvgIpc) is 2.98. The molecule has 1 aliphatic rings. The Morgan fingerprint density at radius 2 is 2.09 bits per heavy atom. The van der Waals surface area contributed by atoms with E-state index in [0.717, 1.165) is 23.1 Å². The van der Waals surface area contributed by atoms with E-state index in [1.54, 1.807) is 18.2 Å². The largest absolute Gasteiger partial charge is 0.492 e. The van der Waals surface area contributed by atoms with Crippen molar-refractivity contribution >= 4 is 39.2 Å². The smallest absolute Gasteiger partial charge is 0.257 e. The summed E-state index contributed by atoms with van der Waals surface area (Å²) in [5.74, 6) is 0.974. The Kier molecular flexibility index (Phi) is 6.84. The Labute approximate surface area is 151 Å². The predicted molar refractivity (Wildman–Crippen MR) is 99.9 cm³/mol. The topological polar surface area (TPSA) is 50.4 Å². The fourth-order valence-electron chi connectivity index (χ4n) is 2.48. The second-order valence-corrected chi connectivity index (χ2v) is 7.52. The molecule has 1 aromatic carbocycles. The minimum Gasteiger partial charge on any atom is -0.492 e. The van der Waals surface area contributed by atoms with Crippen LogP contribution in [0.5, 0.6) is 5.75 Å². The maximum absolute atomic E-state index is 12.3. The quantitative estimate of drug-likeness (QED) is 0.734. The summed E-state index contributed by atoms with van der Waals surface area (Å²) in [7, 11) is 0. The van der Waals surface area contributed by atoms with Crippen molar-refractivity contribution in [1.29, 1.82) is 0 Å². The van der Waals surface area contributed by atoms with Gasteiger partial charge in [-0.2, -0.15) is 0 Å². The molecule has 2 rings (SSSR count). The summed E-state index contributed by atoms with van der Waals surface area (Å²) in [6, 6.07) is 5.69. The Hall–Kier alpha value is -1.14. The second-order valence-electron chi connectivity index (χ2n) is 6.26. The van der Waals surface area contributed by atoms with Crippen LogP contribution < -0.4 is 15.4 Å². The highest BCUT2D eigenvalue weighted by Crippen LogP contribution is 2.26. The zero-order chi connectivity index (χ0) is 16.8. The number of hydrogen-bond donors (Lipinski definition) is 2. The fourth-order valence-corrected chi connectivity index (χ4v) is 3.24. The first kappa shape index (κ1) is 18.2. The van der Waals surface area contributed by atoms with Crippen molar-refractivity contribution in [1.82, 2.24) is 10.6 Å². The Morgan fingerprint density at radius 1 is 1.39 bits per heavy atom. The maximum Gasteiger partial charge on any atom is 0.257 e. The molecule has 0 unspecified atom stereocenters. The third kappa shape index (κ3) is 5.77. The fraction of sp³-hybridized carbons (Fsp3) is 0.529. The molecule has 0 heterocycles. The molecule has 0 radical (unpaired) electrons. The summed E-state index contributed by atoms with van der Waals surface area (Å²) in [6.45, 7) is 4.82. The van der Waals surface area contributed by atoms with Gasteiger partial charge in [-0.3, -0.25) is 10.1 Å². The summed E-state index contributed by atoms with van der Waals surface area (Å²) < 4.78 is 6.45. The first-order chi connectivity index (χ1) is 11.0. The van der Waals surface area contributed by atoms with Crippen LogP contribution in [0.25, 0.3) is 0 Å². The number of carbonyl (C=O) groups is 1. The molecule has 1 aromatic rings. The van der Waals surface area contributed by atoms with Crippen LogP contribution in [0, 0.1) is 5.92 Å². The van der Waals surface area contributed by atoms with E-state index >= 15 is 0 Å². The Morgan fingerprint density at radius 3 is 2.70 bits per heavy atom. The van der Waals surface area contributed by atoms with E-state index in [0.29, 0.717) is 29.2 Å². The molecule has 4 nitrogen and oxygen atoms in total. The highest BCUT2D eigenvalue weighted by atomic mass is 79.9. The second kappa shape index (κ2) is 8.64. The van der Waals surface area contributed by atoms with Crippen LogP contribution in [0.15, 0.2) is 22.7 Å². The van der Waals surface area contributed by atoms with Gasteiger partial charge < -0.3 is 10.1 Å². The van der Waals surface area contributed by atoms with Crippen molar-refractivity contribution < 1.29 is 9.53 Å². The lowest BCUT2D eigenvalue weighted by Crippen LogP contribution is -2.43. The molecule has 1 amide bonds. The lowest BCUT2D eigenvalue weighted by Gasteiger charge is -2.15. The van der Waals surface area contributed by atoms with Crippen LogP contribution in [0.1, 0.15) is 49.9 Å². The van der Waals surface area contributed by atoms with Crippen molar-refractivity contribution in [2.45, 2.75) is 45.6 Å². The first-order valence-corrected chi connectivity index (χ1v) is 9.20. The summed E-state index contributed by atoms with van der Waals surface area (Å²) >= 11 is 8.67. The van der Waals surface area contributed by atoms with Crippen LogP contribution >= 0.6 is 28.1 Å². The van der Waals surface area contributed by atoms with Crippen LogP contribution in [0.2, 0.25) is 0 Å². The summed E-state index contributed by atoms with van der Waals surface area (Å²) in [5, 5.41) is 6.34. The standard InChI is InChI=1S/C17H23BrN2O2S/c1-11(2)10-22-15-8-7-12(9-14(15)18)16(21)20-17(23)19-13-5-3-4-6-13/h7-9,11,13H,3-6,10H2,1-2H3,(H2,19,20,21,23). The van der Waals surface area contributed by atoms with Gasteiger partial charge in [0.25, 0.3) is 5.91 Å². The summed E-state index contributed by atoms with van der Waals surface area (Å²) in [4.78, 5) is 12.3. The van der Waals surface area contributed by atoms with Gasteiger partial charge >= 0.3 is 0 Å². The number of carbonyl (C=O) groups excluding carboxylic acids is 1. The highest BCUT2D eigenvalue weighted by molar-refractivity contribution is 9.10. The first-order valence-electron chi connectivity index (χ1n) is 8.00. The molecule has 1 saturated carbocycles. The minimum atomic E-state index is -0.211. The molecule has 126 valence electrons. The van der Waals surface area contributed by atoms with E-state index in [1.807, 2.05) is 0 Å². The molecule has 23 heavy (non-hydrogen) atoms. The van der Waals surface area contributed by atoms with Gasteiger partial charge in [-0.05, 0) is 65.1 Å². The van der Waals surface area contributed by atoms with Gasteiger partial charge in [-0.1, -0.05) is 26.7 Å². The van der Waals surface area contributed by atoms with Crippen molar-refractivity contribution in [2.24, 2.45) is 5.92 Å². The van der Waals surface area contributed by atoms with Crippen molar-refractivity contribution in [2.75, 3.05) is 6.61 Å². The highest BCUT2D eigenvalue weighted by Gasteiger charge is 2.17. The number of halogens is 1. The number of hydrogen-bond acceptors (Lipinski definition) is 3. The van der Waals surface area contributed by atoms with E-state index in [-0.39, 0.29) is 5.91 Å². The molecular weight excluding hydrogens is 376 g/mol. The molecule has 0 saturated heterocycles. The predicted octanol–water partition coefficient (Wildman–Crippen LogP) is 4.03. The molecule has 0 aromatic heterocycles. The third-order valence-corrected chi connectivity index (χ3v) is 4.52. The summed E-state index contributed by atoms with van der Waals surface area (Å²) in [5.41, 5.74) is 0.546. The van der Waals surface area contributed by atoms with Gasteiger partial charge in [0, 0.05) is 11.6 Å². The van der Waals surface area contributed by atoms with E-state index in [2.05, 4.69) is 40.4 Å².